The maximum Gasteiger partial charge on any atom is 0.331 e. The Morgan fingerprint density at radius 1 is 1.46 bits per heavy atom. The van der Waals surface area contributed by atoms with Crippen molar-refractivity contribution in [3.8, 4) is 0 Å². The Hall–Kier alpha value is -1.32. The molecule has 0 radical (unpaired) electrons. The Kier molecular flexibility index (Phi) is 5.59. The molecule has 0 aliphatic rings. The molecule has 0 saturated carbocycles. The molecule has 4 heteroatoms. The van der Waals surface area contributed by atoms with Gasteiger partial charge >= 0.3 is 5.97 Å². The van der Waals surface area contributed by atoms with Gasteiger partial charge in [0.1, 0.15) is 0 Å². The van der Waals surface area contributed by atoms with Gasteiger partial charge < -0.3 is 10.1 Å². The molecule has 0 rings (SSSR count). The maximum absolute atomic E-state index is 10.9. The van der Waals surface area contributed by atoms with Gasteiger partial charge in [-0.05, 0) is 13.3 Å². The minimum atomic E-state index is -0.488. The van der Waals surface area contributed by atoms with Crippen molar-refractivity contribution in [2.75, 3.05) is 7.05 Å². The van der Waals surface area contributed by atoms with E-state index in [4.69, 9.17) is 4.74 Å². The molecule has 0 aromatic rings. The lowest BCUT2D eigenvalue weighted by Crippen LogP contribution is -2.16. The number of likely N-dealkylation sites (N-methyl/N-ethyl adjacent to an activating group) is 1. The number of ether oxygens (including phenoxy) is 1. The molecule has 0 saturated heterocycles. The maximum atomic E-state index is 10.9. The molecule has 1 amide bonds. The van der Waals surface area contributed by atoms with Gasteiger partial charge in [0.15, 0.2) is 0 Å². The summed E-state index contributed by atoms with van der Waals surface area (Å²) in [4.78, 5) is 21.6. The van der Waals surface area contributed by atoms with E-state index in [9.17, 15) is 9.59 Å². The smallest absolute Gasteiger partial charge is 0.331 e. The van der Waals surface area contributed by atoms with Gasteiger partial charge in [0, 0.05) is 19.2 Å². The molecule has 13 heavy (non-hydrogen) atoms. The van der Waals surface area contributed by atoms with Crippen LogP contribution in [0.2, 0.25) is 0 Å². The quantitative estimate of drug-likeness (QED) is 0.516. The van der Waals surface area contributed by atoms with Crippen molar-refractivity contribution in [2.45, 2.75) is 26.4 Å². The van der Waals surface area contributed by atoms with Crippen molar-refractivity contribution in [1.82, 2.24) is 5.32 Å². The van der Waals surface area contributed by atoms with E-state index in [-0.39, 0.29) is 12.0 Å². The zero-order valence-electron chi connectivity index (χ0n) is 8.16. The minimum absolute atomic E-state index is 0.109. The Morgan fingerprint density at radius 2 is 2.08 bits per heavy atom. The topological polar surface area (TPSA) is 55.4 Å². The van der Waals surface area contributed by atoms with Crippen LogP contribution >= 0.6 is 0 Å². The van der Waals surface area contributed by atoms with Gasteiger partial charge in [-0.2, -0.15) is 0 Å². The van der Waals surface area contributed by atoms with Crippen molar-refractivity contribution in [3.63, 3.8) is 0 Å². The minimum Gasteiger partial charge on any atom is -0.460 e. The van der Waals surface area contributed by atoms with Crippen LogP contribution in [0, 0.1) is 0 Å². The van der Waals surface area contributed by atoms with Crippen LogP contribution in [-0.2, 0) is 14.3 Å². The number of carbonyl (C=O) groups excluding carboxylic acids is 2. The lowest BCUT2D eigenvalue weighted by Gasteiger charge is -2.07. The molecule has 0 fully saturated rings. The van der Waals surface area contributed by atoms with Gasteiger partial charge in [0.2, 0.25) is 5.91 Å². The molecule has 0 aliphatic carbocycles. The summed E-state index contributed by atoms with van der Waals surface area (Å²) in [6.07, 6.45) is 2.91. The highest BCUT2D eigenvalue weighted by Crippen LogP contribution is 1.96. The molecule has 0 aromatic heterocycles. The lowest BCUT2D eigenvalue weighted by molar-refractivity contribution is -0.142. The fourth-order valence-electron chi connectivity index (χ4n) is 0.548. The van der Waals surface area contributed by atoms with E-state index in [0.717, 1.165) is 18.6 Å². The number of hydrogen-bond donors (Lipinski definition) is 1. The molecule has 1 unspecified atom stereocenters. The largest absolute Gasteiger partial charge is 0.460 e. The summed E-state index contributed by atoms with van der Waals surface area (Å²) in [6.45, 7) is 3.71. The third-order valence-corrected chi connectivity index (χ3v) is 1.51. The molecule has 1 atom stereocenters. The highest BCUT2D eigenvalue weighted by molar-refractivity contribution is 5.94. The zero-order chi connectivity index (χ0) is 10.3. The molecule has 0 bridgehead atoms. The Bertz CT molecular complexity index is 211. The van der Waals surface area contributed by atoms with E-state index in [0.29, 0.717) is 0 Å². The first-order valence-electron chi connectivity index (χ1n) is 4.20. The predicted octanol–water partition coefficient (Wildman–Crippen LogP) is 0.630. The first-order valence-corrected chi connectivity index (χ1v) is 4.20. The van der Waals surface area contributed by atoms with Crippen LogP contribution in [0.25, 0.3) is 0 Å². The molecular weight excluding hydrogens is 170 g/mol. The van der Waals surface area contributed by atoms with Crippen LogP contribution in [0.4, 0.5) is 0 Å². The average Bonchev–Trinajstić information content (AvgIpc) is 2.13. The van der Waals surface area contributed by atoms with E-state index in [1.165, 1.54) is 7.05 Å². The Morgan fingerprint density at radius 3 is 2.54 bits per heavy atom. The summed E-state index contributed by atoms with van der Waals surface area (Å²) in [7, 11) is 1.49. The number of nitrogens with one attached hydrogen (secondary N) is 1. The van der Waals surface area contributed by atoms with E-state index in [2.05, 4.69) is 5.32 Å². The van der Waals surface area contributed by atoms with Gasteiger partial charge in [-0.15, -0.1) is 0 Å². The molecule has 0 heterocycles. The van der Waals surface area contributed by atoms with E-state index >= 15 is 0 Å². The van der Waals surface area contributed by atoms with Crippen molar-refractivity contribution < 1.29 is 14.3 Å². The second-order valence-corrected chi connectivity index (χ2v) is 2.60. The highest BCUT2D eigenvalue weighted by atomic mass is 16.5. The molecule has 4 nitrogen and oxygen atoms in total. The first kappa shape index (κ1) is 11.7. The SMILES string of the molecule is CCC(C)OC(=O)/C=C\C(=O)NC. The normalized spacial score (nSPS) is 12.5. The number of carbonyl (C=O) groups is 2. The predicted molar refractivity (Wildman–Crippen MR) is 49.1 cm³/mol. The third-order valence-electron chi connectivity index (χ3n) is 1.51. The molecular formula is C9H15NO3. The molecule has 0 spiro atoms. The summed E-state index contributed by atoms with van der Waals surface area (Å²) >= 11 is 0. The van der Waals surface area contributed by atoms with E-state index in [1.807, 2.05) is 6.92 Å². The van der Waals surface area contributed by atoms with Gasteiger partial charge in [-0.25, -0.2) is 4.79 Å². The van der Waals surface area contributed by atoms with Crippen LogP contribution in [0.5, 0.6) is 0 Å². The lowest BCUT2D eigenvalue weighted by atomic mass is 10.3. The van der Waals surface area contributed by atoms with Gasteiger partial charge in [0.05, 0.1) is 6.10 Å². The van der Waals surface area contributed by atoms with Gasteiger partial charge in [0.25, 0.3) is 0 Å². The molecule has 74 valence electrons. The van der Waals surface area contributed by atoms with Crippen LogP contribution in [0.15, 0.2) is 12.2 Å². The van der Waals surface area contributed by atoms with Crippen molar-refractivity contribution in [3.05, 3.63) is 12.2 Å². The molecule has 1 N–H and O–H groups in total. The van der Waals surface area contributed by atoms with E-state index in [1.54, 1.807) is 6.92 Å². The van der Waals surface area contributed by atoms with Gasteiger partial charge in [-0.1, -0.05) is 6.92 Å². The standard InChI is InChI=1S/C9H15NO3/c1-4-7(2)13-9(12)6-5-8(11)10-3/h5-7H,4H2,1-3H3,(H,10,11)/b6-5-. The summed E-state index contributed by atoms with van der Waals surface area (Å²) in [5.41, 5.74) is 0. The number of hydrogen-bond acceptors (Lipinski definition) is 3. The zero-order valence-corrected chi connectivity index (χ0v) is 8.16. The van der Waals surface area contributed by atoms with Crippen molar-refractivity contribution in [1.29, 1.82) is 0 Å². The van der Waals surface area contributed by atoms with Crippen LogP contribution in [0.3, 0.4) is 0 Å². The number of esters is 1. The first-order chi connectivity index (χ1) is 6.10. The van der Waals surface area contributed by atoms with E-state index < -0.39 is 5.97 Å². The van der Waals surface area contributed by atoms with Crippen LogP contribution < -0.4 is 5.32 Å². The second-order valence-electron chi connectivity index (χ2n) is 2.60. The molecule has 0 aliphatic heterocycles. The summed E-state index contributed by atoms with van der Waals surface area (Å²) in [5.74, 6) is -0.806. The Balaban J connectivity index is 3.87. The number of amides is 1. The second kappa shape index (κ2) is 6.22. The molecule has 0 aromatic carbocycles. The third kappa shape index (κ3) is 5.90. The average molecular weight is 185 g/mol. The fourth-order valence-corrected chi connectivity index (χ4v) is 0.548. The summed E-state index contributed by atoms with van der Waals surface area (Å²) < 4.78 is 4.89. The summed E-state index contributed by atoms with van der Waals surface area (Å²) in [6, 6.07) is 0. The Labute approximate surface area is 78.0 Å². The monoisotopic (exact) mass is 185 g/mol. The van der Waals surface area contributed by atoms with Crippen molar-refractivity contribution >= 4 is 11.9 Å². The number of rotatable bonds is 4. The van der Waals surface area contributed by atoms with Crippen molar-refractivity contribution in [2.24, 2.45) is 0 Å². The summed E-state index contributed by atoms with van der Waals surface area (Å²) in [5, 5.41) is 2.35. The van der Waals surface area contributed by atoms with Crippen LogP contribution in [0.1, 0.15) is 20.3 Å². The van der Waals surface area contributed by atoms with Gasteiger partial charge in [-0.3, -0.25) is 4.79 Å². The fraction of sp³-hybridized carbons (Fsp3) is 0.556. The highest BCUT2D eigenvalue weighted by Gasteiger charge is 2.03. The van der Waals surface area contributed by atoms with Crippen LogP contribution in [-0.4, -0.2) is 25.0 Å².